The van der Waals surface area contributed by atoms with E-state index in [2.05, 4.69) is 9.80 Å². The van der Waals surface area contributed by atoms with E-state index in [0.717, 1.165) is 62.0 Å². The number of hydrogen-bond donors (Lipinski definition) is 0. The Hall–Kier alpha value is -1.92. The first-order chi connectivity index (χ1) is 14.0. The highest BCUT2D eigenvalue weighted by molar-refractivity contribution is 5.97. The smallest absolute Gasteiger partial charge is 0.254 e. The van der Waals surface area contributed by atoms with Crippen molar-refractivity contribution in [3.05, 3.63) is 34.9 Å². The molecule has 2 amide bonds. The predicted octanol–water partition coefficient (Wildman–Crippen LogP) is 1.76. The van der Waals surface area contributed by atoms with Crippen molar-refractivity contribution in [3.8, 4) is 0 Å². The fourth-order valence-electron chi connectivity index (χ4n) is 4.80. The summed E-state index contributed by atoms with van der Waals surface area (Å²) in [7, 11) is 0. The Morgan fingerprint density at radius 1 is 0.862 bits per heavy atom. The molecule has 2 saturated heterocycles. The van der Waals surface area contributed by atoms with Crippen LogP contribution in [0.5, 0.6) is 0 Å². The maximum Gasteiger partial charge on any atom is 0.254 e. The molecule has 0 N–H and O–H groups in total. The van der Waals surface area contributed by atoms with Crippen LogP contribution in [-0.4, -0.2) is 96.4 Å². The molecule has 3 fully saturated rings. The first kappa shape index (κ1) is 20.4. The van der Waals surface area contributed by atoms with E-state index >= 15 is 0 Å². The summed E-state index contributed by atoms with van der Waals surface area (Å²) in [5.41, 5.74) is 2.91. The molecule has 2 aliphatic heterocycles. The van der Waals surface area contributed by atoms with Crippen LogP contribution in [0.3, 0.4) is 0 Å². The summed E-state index contributed by atoms with van der Waals surface area (Å²) in [6.07, 6.45) is 4.03. The van der Waals surface area contributed by atoms with Crippen LogP contribution in [0.4, 0.5) is 0 Å². The molecule has 6 nitrogen and oxygen atoms in total. The second-order valence-electron chi connectivity index (χ2n) is 8.84. The van der Waals surface area contributed by atoms with E-state index in [0.29, 0.717) is 19.6 Å². The minimum Gasteiger partial charge on any atom is -0.339 e. The predicted molar refractivity (Wildman–Crippen MR) is 114 cm³/mol. The number of aryl methyl sites for hydroxylation is 2. The van der Waals surface area contributed by atoms with Gasteiger partial charge < -0.3 is 9.80 Å². The average Bonchev–Trinajstić information content (AvgIpc) is 2.67. The summed E-state index contributed by atoms with van der Waals surface area (Å²) in [5, 5.41) is 0. The molecule has 1 aromatic carbocycles. The Bertz CT molecular complexity index is 725. The number of carbonyl (C=O) groups excluding carboxylic acids is 2. The Morgan fingerprint density at radius 3 is 2.00 bits per heavy atom. The first-order valence-electron chi connectivity index (χ1n) is 11.1. The summed E-state index contributed by atoms with van der Waals surface area (Å²) in [4.78, 5) is 34.4. The van der Waals surface area contributed by atoms with Crippen molar-refractivity contribution in [2.45, 2.75) is 39.2 Å². The van der Waals surface area contributed by atoms with E-state index in [1.54, 1.807) is 0 Å². The molecule has 0 spiro atoms. The maximum atomic E-state index is 13.0. The van der Waals surface area contributed by atoms with Gasteiger partial charge in [0, 0.05) is 64.0 Å². The number of piperazine rings is 2. The van der Waals surface area contributed by atoms with E-state index < -0.39 is 0 Å². The Kier molecular flexibility index (Phi) is 6.20. The summed E-state index contributed by atoms with van der Waals surface area (Å²) >= 11 is 0. The van der Waals surface area contributed by atoms with Gasteiger partial charge in [0.2, 0.25) is 5.91 Å². The van der Waals surface area contributed by atoms with Crippen LogP contribution in [0.1, 0.15) is 40.7 Å². The van der Waals surface area contributed by atoms with Crippen molar-refractivity contribution >= 4 is 11.8 Å². The highest BCUT2D eigenvalue weighted by atomic mass is 16.2. The maximum absolute atomic E-state index is 13.0. The van der Waals surface area contributed by atoms with Crippen LogP contribution < -0.4 is 0 Å². The highest BCUT2D eigenvalue weighted by Gasteiger charge is 2.30. The molecule has 2 heterocycles. The largest absolute Gasteiger partial charge is 0.339 e. The zero-order valence-corrected chi connectivity index (χ0v) is 17.9. The number of carbonyl (C=O) groups is 2. The third-order valence-corrected chi connectivity index (χ3v) is 6.97. The Morgan fingerprint density at radius 2 is 1.45 bits per heavy atom. The van der Waals surface area contributed by atoms with Gasteiger partial charge in [0.05, 0.1) is 6.54 Å². The summed E-state index contributed by atoms with van der Waals surface area (Å²) in [6.45, 7) is 11.2. The van der Waals surface area contributed by atoms with Crippen LogP contribution >= 0.6 is 0 Å². The van der Waals surface area contributed by atoms with E-state index in [4.69, 9.17) is 0 Å². The quantitative estimate of drug-likeness (QED) is 0.775. The molecule has 3 aliphatic rings. The Labute approximate surface area is 174 Å². The van der Waals surface area contributed by atoms with Crippen molar-refractivity contribution in [2.75, 3.05) is 58.9 Å². The standard InChI is InChI=1S/C23H34N4O2/c1-18-5-3-6-19(2)22(18)23(29)27-11-9-24(10-12-27)17-21(28)26-15-13-25(14-16-26)20-7-4-8-20/h3,5-6,20H,4,7-17H2,1-2H3. The molecular weight excluding hydrogens is 364 g/mol. The highest BCUT2D eigenvalue weighted by Crippen LogP contribution is 2.25. The van der Waals surface area contributed by atoms with Crippen molar-refractivity contribution in [3.63, 3.8) is 0 Å². The van der Waals surface area contributed by atoms with Crippen molar-refractivity contribution in [1.29, 1.82) is 0 Å². The van der Waals surface area contributed by atoms with E-state index in [-0.39, 0.29) is 11.8 Å². The SMILES string of the molecule is Cc1cccc(C)c1C(=O)N1CCN(CC(=O)N2CCN(C3CCC3)CC2)CC1. The van der Waals surface area contributed by atoms with E-state index in [9.17, 15) is 9.59 Å². The number of benzene rings is 1. The van der Waals surface area contributed by atoms with Gasteiger partial charge in [-0.3, -0.25) is 19.4 Å². The topological polar surface area (TPSA) is 47.1 Å². The lowest BCUT2D eigenvalue weighted by Gasteiger charge is -2.43. The molecule has 0 bridgehead atoms. The van der Waals surface area contributed by atoms with Crippen LogP contribution in [-0.2, 0) is 4.79 Å². The monoisotopic (exact) mass is 398 g/mol. The lowest BCUT2D eigenvalue weighted by Crippen LogP contribution is -2.56. The van der Waals surface area contributed by atoms with Crippen molar-refractivity contribution in [2.24, 2.45) is 0 Å². The lowest BCUT2D eigenvalue weighted by atomic mass is 9.91. The molecular formula is C23H34N4O2. The summed E-state index contributed by atoms with van der Waals surface area (Å²) in [6, 6.07) is 6.77. The Balaban J connectivity index is 1.23. The fourth-order valence-corrected chi connectivity index (χ4v) is 4.80. The number of rotatable bonds is 4. The molecule has 0 aromatic heterocycles. The van der Waals surface area contributed by atoms with Crippen molar-refractivity contribution < 1.29 is 9.59 Å². The second kappa shape index (κ2) is 8.84. The lowest BCUT2D eigenvalue weighted by molar-refractivity contribution is -0.135. The van der Waals surface area contributed by atoms with Gasteiger partial charge in [-0.25, -0.2) is 0 Å². The molecule has 0 atom stereocenters. The minimum atomic E-state index is 0.124. The summed E-state index contributed by atoms with van der Waals surface area (Å²) in [5.74, 6) is 0.367. The normalized spacial score (nSPS) is 21.9. The molecule has 1 aromatic rings. The van der Waals surface area contributed by atoms with Gasteiger partial charge in [0.1, 0.15) is 0 Å². The molecule has 6 heteroatoms. The molecule has 1 aliphatic carbocycles. The first-order valence-corrected chi connectivity index (χ1v) is 11.1. The molecule has 4 rings (SSSR count). The molecule has 158 valence electrons. The third-order valence-electron chi connectivity index (χ3n) is 6.97. The third kappa shape index (κ3) is 4.48. The van der Waals surface area contributed by atoms with Gasteiger partial charge in [-0.2, -0.15) is 0 Å². The van der Waals surface area contributed by atoms with Gasteiger partial charge in [-0.1, -0.05) is 24.6 Å². The van der Waals surface area contributed by atoms with E-state index in [1.807, 2.05) is 41.8 Å². The zero-order chi connectivity index (χ0) is 20.4. The van der Waals surface area contributed by atoms with Crippen LogP contribution in [0.25, 0.3) is 0 Å². The van der Waals surface area contributed by atoms with Crippen LogP contribution in [0.2, 0.25) is 0 Å². The summed E-state index contributed by atoms with van der Waals surface area (Å²) < 4.78 is 0. The molecule has 0 radical (unpaired) electrons. The van der Waals surface area contributed by atoms with Crippen molar-refractivity contribution in [1.82, 2.24) is 19.6 Å². The van der Waals surface area contributed by atoms with Crippen LogP contribution in [0.15, 0.2) is 18.2 Å². The number of nitrogens with zero attached hydrogens (tertiary/aromatic N) is 4. The second-order valence-corrected chi connectivity index (χ2v) is 8.84. The number of hydrogen-bond acceptors (Lipinski definition) is 4. The minimum absolute atomic E-state index is 0.124. The van der Waals surface area contributed by atoms with Gasteiger partial charge in [-0.05, 0) is 37.8 Å². The average molecular weight is 399 g/mol. The molecule has 0 unspecified atom stereocenters. The van der Waals surface area contributed by atoms with Crippen LogP contribution in [0, 0.1) is 13.8 Å². The number of amides is 2. The molecule has 29 heavy (non-hydrogen) atoms. The van der Waals surface area contributed by atoms with E-state index in [1.165, 1.54) is 19.3 Å². The van der Waals surface area contributed by atoms with Gasteiger partial charge in [0.25, 0.3) is 5.91 Å². The van der Waals surface area contributed by atoms with Gasteiger partial charge in [0.15, 0.2) is 0 Å². The van der Waals surface area contributed by atoms with Gasteiger partial charge in [-0.15, -0.1) is 0 Å². The molecule has 1 saturated carbocycles. The fraction of sp³-hybridized carbons (Fsp3) is 0.652. The van der Waals surface area contributed by atoms with Gasteiger partial charge >= 0.3 is 0 Å². The zero-order valence-electron chi connectivity index (χ0n) is 17.9.